The predicted octanol–water partition coefficient (Wildman–Crippen LogP) is 4.39. The molecule has 18 heavy (non-hydrogen) atoms. The summed E-state index contributed by atoms with van der Waals surface area (Å²) in [6, 6.07) is 3.92. The van der Waals surface area contributed by atoms with E-state index in [1.807, 2.05) is 35.7 Å². The Hall–Kier alpha value is -0.480. The largest absolute Gasteiger partial charge is 0.504 e. The molecule has 100 valence electrons. The summed E-state index contributed by atoms with van der Waals surface area (Å²) in [5.74, 6) is 3.09. The van der Waals surface area contributed by atoms with Gasteiger partial charge in [0.2, 0.25) is 0 Å². The zero-order chi connectivity index (χ0) is 13.1. The van der Waals surface area contributed by atoms with E-state index in [0.717, 1.165) is 11.5 Å². The van der Waals surface area contributed by atoms with E-state index in [2.05, 4.69) is 13.8 Å². The molecule has 2 rings (SSSR count). The molecular weight excluding hydrogens is 264 g/mol. The standard InChI is InChI=1S/C14H20O2S2/c1-4-17-13-8-14(18-5-2)10-7-12(16-3)11(15)6-9(10)13/h6-7,13-15H,4-5,8H2,1-3H3. The van der Waals surface area contributed by atoms with Crippen LogP contribution in [0.15, 0.2) is 12.1 Å². The Morgan fingerprint density at radius 2 is 1.72 bits per heavy atom. The van der Waals surface area contributed by atoms with E-state index < -0.39 is 0 Å². The van der Waals surface area contributed by atoms with Gasteiger partial charge in [0.25, 0.3) is 0 Å². The average molecular weight is 284 g/mol. The highest BCUT2D eigenvalue weighted by Gasteiger charge is 2.32. The molecule has 4 heteroatoms. The summed E-state index contributed by atoms with van der Waals surface area (Å²) >= 11 is 3.95. The number of thioether (sulfide) groups is 2. The first-order chi connectivity index (χ1) is 8.71. The van der Waals surface area contributed by atoms with Crippen LogP contribution in [-0.4, -0.2) is 23.7 Å². The Balaban J connectivity index is 2.38. The van der Waals surface area contributed by atoms with Crippen molar-refractivity contribution >= 4 is 23.5 Å². The van der Waals surface area contributed by atoms with Crippen molar-refractivity contribution in [1.29, 1.82) is 0 Å². The number of rotatable bonds is 5. The van der Waals surface area contributed by atoms with Gasteiger partial charge in [-0.15, -0.1) is 0 Å². The molecule has 2 nitrogen and oxygen atoms in total. The number of phenolic OH excluding ortho intramolecular Hbond substituents is 1. The molecule has 1 aromatic rings. The lowest BCUT2D eigenvalue weighted by Crippen LogP contribution is -1.92. The van der Waals surface area contributed by atoms with Crippen molar-refractivity contribution < 1.29 is 9.84 Å². The predicted molar refractivity (Wildman–Crippen MR) is 81.0 cm³/mol. The number of fused-ring (bicyclic) bond motifs is 1. The molecule has 1 aliphatic rings. The van der Waals surface area contributed by atoms with Crippen LogP contribution in [0.5, 0.6) is 11.5 Å². The van der Waals surface area contributed by atoms with E-state index in [1.165, 1.54) is 17.5 Å². The van der Waals surface area contributed by atoms with Crippen molar-refractivity contribution in [1.82, 2.24) is 0 Å². The van der Waals surface area contributed by atoms with Crippen molar-refractivity contribution in [2.45, 2.75) is 30.8 Å². The maximum atomic E-state index is 9.94. The minimum Gasteiger partial charge on any atom is -0.504 e. The van der Waals surface area contributed by atoms with Crippen LogP contribution in [0, 0.1) is 0 Å². The van der Waals surface area contributed by atoms with Gasteiger partial charge in [-0.1, -0.05) is 13.8 Å². The van der Waals surface area contributed by atoms with Crippen LogP contribution in [0.1, 0.15) is 41.9 Å². The van der Waals surface area contributed by atoms with Gasteiger partial charge in [0.1, 0.15) is 0 Å². The van der Waals surface area contributed by atoms with Crippen molar-refractivity contribution in [2.24, 2.45) is 0 Å². The smallest absolute Gasteiger partial charge is 0.160 e. The van der Waals surface area contributed by atoms with Gasteiger partial charge in [0.05, 0.1) is 7.11 Å². The first kappa shape index (κ1) is 13.9. The fourth-order valence-corrected chi connectivity index (χ4v) is 4.84. The Kier molecular flexibility index (Phi) is 4.73. The maximum absolute atomic E-state index is 9.94. The molecular formula is C14H20O2S2. The third-order valence-electron chi connectivity index (χ3n) is 3.24. The average Bonchev–Trinajstić information content (AvgIpc) is 2.67. The van der Waals surface area contributed by atoms with Gasteiger partial charge >= 0.3 is 0 Å². The number of methoxy groups -OCH3 is 1. The number of ether oxygens (including phenoxy) is 1. The minimum atomic E-state index is 0.264. The first-order valence-corrected chi connectivity index (χ1v) is 8.45. The summed E-state index contributed by atoms with van der Waals surface area (Å²) in [6.07, 6.45) is 1.17. The Labute approximate surface area is 117 Å². The van der Waals surface area contributed by atoms with Crippen LogP contribution in [0.3, 0.4) is 0 Å². The molecule has 0 radical (unpaired) electrons. The van der Waals surface area contributed by atoms with Gasteiger partial charge in [0.15, 0.2) is 11.5 Å². The topological polar surface area (TPSA) is 29.5 Å². The molecule has 0 heterocycles. The van der Waals surface area contributed by atoms with Gasteiger partial charge < -0.3 is 9.84 Å². The van der Waals surface area contributed by atoms with Gasteiger partial charge in [-0.05, 0) is 41.2 Å². The second-order valence-corrected chi connectivity index (χ2v) is 7.24. The number of benzene rings is 1. The summed E-state index contributed by atoms with van der Waals surface area (Å²) in [7, 11) is 1.61. The lowest BCUT2D eigenvalue weighted by Gasteiger charge is -2.12. The van der Waals surface area contributed by atoms with Crippen LogP contribution in [0.25, 0.3) is 0 Å². The van der Waals surface area contributed by atoms with Crippen LogP contribution in [0.2, 0.25) is 0 Å². The van der Waals surface area contributed by atoms with Crippen LogP contribution >= 0.6 is 23.5 Å². The lowest BCUT2D eigenvalue weighted by molar-refractivity contribution is 0.373. The highest BCUT2D eigenvalue weighted by atomic mass is 32.2. The number of aromatic hydroxyl groups is 1. The molecule has 2 atom stereocenters. The molecule has 2 unspecified atom stereocenters. The summed E-state index contributed by atoms with van der Waals surface area (Å²) in [4.78, 5) is 0. The van der Waals surface area contributed by atoms with E-state index in [-0.39, 0.29) is 5.75 Å². The Bertz CT molecular complexity index is 421. The lowest BCUT2D eigenvalue weighted by atomic mass is 10.1. The van der Waals surface area contributed by atoms with Crippen molar-refractivity contribution in [3.63, 3.8) is 0 Å². The zero-order valence-electron chi connectivity index (χ0n) is 11.1. The second-order valence-electron chi connectivity index (χ2n) is 4.28. The summed E-state index contributed by atoms with van der Waals surface area (Å²) in [5.41, 5.74) is 2.65. The molecule has 0 aliphatic heterocycles. The van der Waals surface area contributed by atoms with Crippen molar-refractivity contribution in [2.75, 3.05) is 18.6 Å². The zero-order valence-corrected chi connectivity index (χ0v) is 12.7. The van der Waals surface area contributed by atoms with Gasteiger partial charge in [0, 0.05) is 10.5 Å². The molecule has 0 fully saturated rings. The number of hydrogen-bond acceptors (Lipinski definition) is 4. The highest BCUT2D eigenvalue weighted by molar-refractivity contribution is 8.00. The molecule has 1 aromatic carbocycles. The fraction of sp³-hybridized carbons (Fsp3) is 0.571. The monoisotopic (exact) mass is 284 g/mol. The van der Waals surface area contributed by atoms with Gasteiger partial charge in [-0.25, -0.2) is 0 Å². The van der Waals surface area contributed by atoms with E-state index >= 15 is 0 Å². The third-order valence-corrected chi connectivity index (χ3v) is 5.61. The normalized spacial score (nSPS) is 21.9. The molecule has 0 saturated heterocycles. The second kappa shape index (κ2) is 6.11. The Morgan fingerprint density at radius 1 is 1.17 bits per heavy atom. The molecule has 1 N–H and O–H groups in total. The quantitative estimate of drug-likeness (QED) is 0.868. The van der Waals surface area contributed by atoms with Crippen LogP contribution in [-0.2, 0) is 0 Å². The maximum Gasteiger partial charge on any atom is 0.160 e. The van der Waals surface area contributed by atoms with Crippen molar-refractivity contribution in [3.05, 3.63) is 23.3 Å². The van der Waals surface area contributed by atoms with E-state index in [1.54, 1.807) is 7.11 Å². The van der Waals surface area contributed by atoms with Crippen LogP contribution in [0.4, 0.5) is 0 Å². The van der Waals surface area contributed by atoms with Crippen LogP contribution < -0.4 is 4.74 Å². The van der Waals surface area contributed by atoms with Gasteiger partial charge in [-0.3, -0.25) is 0 Å². The summed E-state index contributed by atoms with van der Waals surface area (Å²) in [6.45, 7) is 4.39. The summed E-state index contributed by atoms with van der Waals surface area (Å²) in [5, 5.41) is 11.0. The number of hydrogen-bond donors (Lipinski definition) is 1. The van der Waals surface area contributed by atoms with Crippen molar-refractivity contribution in [3.8, 4) is 11.5 Å². The molecule has 1 aliphatic carbocycles. The molecule has 0 spiro atoms. The summed E-state index contributed by atoms with van der Waals surface area (Å²) < 4.78 is 5.23. The molecule has 0 amide bonds. The van der Waals surface area contributed by atoms with E-state index in [0.29, 0.717) is 16.2 Å². The number of phenols is 1. The first-order valence-electron chi connectivity index (χ1n) is 6.35. The molecule has 0 bridgehead atoms. The molecule has 0 saturated carbocycles. The Morgan fingerprint density at radius 3 is 2.22 bits per heavy atom. The third kappa shape index (κ3) is 2.59. The SMILES string of the molecule is CCSC1CC(SCC)c2cc(OC)c(O)cc21. The van der Waals surface area contributed by atoms with E-state index in [4.69, 9.17) is 4.74 Å². The van der Waals surface area contributed by atoms with Gasteiger partial charge in [-0.2, -0.15) is 23.5 Å². The molecule has 0 aromatic heterocycles. The highest BCUT2D eigenvalue weighted by Crippen LogP contribution is 2.54. The fourth-order valence-electron chi connectivity index (χ4n) is 2.49. The van der Waals surface area contributed by atoms with E-state index in [9.17, 15) is 5.11 Å². The minimum absolute atomic E-state index is 0.264.